The molecule has 0 saturated carbocycles. The molecule has 140 valence electrons. The van der Waals surface area contributed by atoms with Gasteiger partial charge in [0.1, 0.15) is 5.82 Å². The summed E-state index contributed by atoms with van der Waals surface area (Å²) in [6.45, 7) is 0. The maximum absolute atomic E-state index is 13.6. The van der Waals surface area contributed by atoms with Gasteiger partial charge < -0.3 is 0 Å². The third-order valence-electron chi connectivity index (χ3n) is 3.41. The lowest BCUT2D eigenvalue weighted by molar-refractivity contribution is -0.137. The van der Waals surface area contributed by atoms with Gasteiger partial charge >= 0.3 is 6.18 Å². The number of anilines is 1. The third kappa shape index (κ3) is 4.83. The minimum absolute atomic E-state index is 0.0630. The first-order valence-electron chi connectivity index (χ1n) is 7.52. The second kappa shape index (κ2) is 8.05. The molecule has 1 aromatic heterocycles. The highest BCUT2D eigenvalue weighted by molar-refractivity contribution is 8.00. The van der Waals surface area contributed by atoms with Crippen molar-refractivity contribution >= 4 is 34.1 Å². The number of nitrogens with one attached hydrogen (secondary N) is 1. The van der Waals surface area contributed by atoms with Crippen LogP contribution in [0.15, 0.2) is 52.9 Å². The lowest BCUT2D eigenvalue weighted by Gasteiger charge is -2.11. The van der Waals surface area contributed by atoms with Crippen molar-refractivity contribution in [2.75, 3.05) is 5.32 Å². The summed E-state index contributed by atoms with van der Waals surface area (Å²) in [5.41, 5.74) is -1.04. The number of rotatable bonds is 5. The van der Waals surface area contributed by atoms with Gasteiger partial charge in [0.05, 0.1) is 11.1 Å². The molecule has 0 saturated heterocycles. The van der Waals surface area contributed by atoms with Crippen LogP contribution >= 0.6 is 23.1 Å². The van der Waals surface area contributed by atoms with Gasteiger partial charge in [-0.2, -0.15) is 13.2 Å². The molecule has 1 heterocycles. The van der Waals surface area contributed by atoms with E-state index in [1.54, 1.807) is 18.2 Å². The van der Waals surface area contributed by atoms with Crippen molar-refractivity contribution in [3.8, 4) is 0 Å². The summed E-state index contributed by atoms with van der Waals surface area (Å²) < 4.78 is 53.1. The molecule has 0 fully saturated rings. The predicted octanol–water partition coefficient (Wildman–Crippen LogP) is 5.24. The van der Waals surface area contributed by atoms with E-state index in [0.717, 1.165) is 23.5 Å². The van der Waals surface area contributed by atoms with E-state index >= 15 is 0 Å². The van der Waals surface area contributed by atoms with Gasteiger partial charge in [-0.15, -0.1) is 10.2 Å². The average molecular weight is 413 g/mol. The number of hydrogen-bond donors (Lipinski definition) is 1. The molecule has 1 amide bonds. The van der Waals surface area contributed by atoms with Crippen LogP contribution in [-0.4, -0.2) is 16.1 Å². The predicted molar refractivity (Wildman–Crippen MR) is 95.3 cm³/mol. The molecule has 0 aliphatic heterocycles. The highest BCUT2D eigenvalue weighted by Gasteiger charge is 2.35. The zero-order valence-corrected chi connectivity index (χ0v) is 15.1. The number of aromatic nitrogens is 2. The van der Waals surface area contributed by atoms with Gasteiger partial charge in [0, 0.05) is 5.75 Å². The fraction of sp³-hybridized carbons (Fsp3) is 0.118. The standard InChI is InChI=1S/C17H11F4N3OS2/c18-13-8-4-1-5-10(13)9-26-16-24-23-15(27-16)22-14(25)11-6-2-3-7-12(11)17(19,20)21/h1-8H,9H2,(H,22,23,25). The number of thioether (sulfide) groups is 1. The Kier molecular flexibility index (Phi) is 5.76. The summed E-state index contributed by atoms with van der Waals surface area (Å²) in [6, 6.07) is 10.8. The van der Waals surface area contributed by atoms with Crippen LogP contribution in [0.25, 0.3) is 0 Å². The molecule has 2 aromatic carbocycles. The Morgan fingerprint density at radius 1 is 1.07 bits per heavy atom. The number of halogens is 4. The molecule has 10 heteroatoms. The summed E-state index contributed by atoms with van der Waals surface area (Å²) in [7, 11) is 0. The number of hydrogen-bond acceptors (Lipinski definition) is 5. The van der Waals surface area contributed by atoms with Gasteiger partial charge in [0.15, 0.2) is 4.34 Å². The van der Waals surface area contributed by atoms with Crippen molar-refractivity contribution in [1.29, 1.82) is 0 Å². The fourth-order valence-corrected chi connectivity index (χ4v) is 3.90. The average Bonchev–Trinajstić information content (AvgIpc) is 3.07. The fourth-order valence-electron chi connectivity index (χ4n) is 2.17. The number of alkyl halides is 3. The maximum atomic E-state index is 13.6. The Hall–Kier alpha value is -2.46. The summed E-state index contributed by atoms with van der Waals surface area (Å²) in [5.74, 6) is -0.955. The molecule has 0 aliphatic rings. The molecular weight excluding hydrogens is 402 g/mol. The van der Waals surface area contributed by atoms with E-state index in [9.17, 15) is 22.4 Å². The van der Waals surface area contributed by atoms with Crippen molar-refractivity contribution in [2.24, 2.45) is 0 Å². The SMILES string of the molecule is O=C(Nc1nnc(SCc2ccccc2F)s1)c1ccccc1C(F)(F)F. The molecule has 3 aromatic rings. The Morgan fingerprint density at radius 2 is 1.78 bits per heavy atom. The first-order chi connectivity index (χ1) is 12.8. The molecule has 0 radical (unpaired) electrons. The minimum Gasteiger partial charge on any atom is -0.296 e. The molecule has 0 aliphatic carbocycles. The number of amides is 1. The smallest absolute Gasteiger partial charge is 0.296 e. The van der Waals surface area contributed by atoms with Crippen LogP contribution in [0, 0.1) is 5.82 Å². The van der Waals surface area contributed by atoms with Crippen LogP contribution in [0.1, 0.15) is 21.5 Å². The molecule has 0 bridgehead atoms. The molecular formula is C17H11F4N3OS2. The molecule has 0 spiro atoms. The molecule has 0 unspecified atom stereocenters. The second-order valence-corrected chi connectivity index (χ2v) is 7.45. The van der Waals surface area contributed by atoms with Crippen LogP contribution in [0.4, 0.5) is 22.7 Å². The van der Waals surface area contributed by atoms with Gasteiger partial charge in [0.25, 0.3) is 5.91 Å². The summed E-state index contributed by atoms with van der Waals surface area (Å²) in [6.07, 6.45) is -4.64. The zero-order valence-electron chi connectivity index (χ0n) is 13.5. The normalized spacial score (nSPS) is 11.4. The summed E-state index contributed by atoms with van der Waals surface area (Å²) in [4.78, 5) is 12.2. The molecule has 3 rings (SSSR count). The first-order valence-corrected chi connectivity index (χ1v) is 9.32. The summed E-state index contributed by atoms with van der Waals surface area (Å²) in [5, 5.41) is 9.98. The monoisotopic (exact) mass is 413 g/mol. The highest BCUT2D eigenvalue weighted by atomic mass is 32.2. The van der Waals surface area contributed by atoms with E-state index in [4.69, 9.17) is 0 Å². The number of carbonyl (C=O) groups excluding carboxylic acids is 1. The highest BCUT2D eigenvalue weighted by Crippen LogP contribution is 2.33. The van der Waals surface area contributed by atoms with E-state index in [2.05, 4.69) is 15.5 Å². The van der Waals surface area contributed by atoms with Crippen LogP contribution in [0.3, 0.4) is 0 Å². The molecule has 4 nitrogen and oxygen atoms in total. The van der Waals surface area contributed by atoms with Crippen molar-refractivity contribution < 1.29 is 22.4 Å². The maximum Gasteiger partial charge on any atom is 0.417 e. The Morgan fingerprint density at radius 3 is 2.52 bits per heavy atom. The Balaban J connectivity index is 1.68. The van der Waals surface area contributed by atoms with E-state index in [1.165, 1.54) is 30.0 Å². The first kappa shape index (κ1) is 19.3. The quantitative estimate of drug-likeness (QED) is 0.353. The third-order valence-corrected chi connectivity index (χ3v) is 5.43. The van der Waals surface area contributed by atoms with E-state index in [0.29, 0.717) is 15.7 Å². The van der Waals surface area contributed by atoms with Crippen molar-refractivity contribution in [3.05, 3.63) is 71.0 Å². The van der Waals surface area contributed by atoms with Gasteiger partial charge in [0.2, 0.25) is 5.13 Å². The topological polar surface area (TPSA) is 54.9 Å². The van der Waals surface area contributed by atoms with Gasteiger partial charge in [-0.25, -0.2) is 4.39 Å². The molecule has 27 heavy (non-hydrogen) atoms. The lowest BCUT2D eigenvalue weighted by Crippen LogP contribution is -2.18. The van der Waals surface area contributed by atoms with Crippen molar-refractivity contribution in [2.45, 2.75) is 16.3 Å². The van der Waals surface area contributed by atoms with Crippen LogP contribution in [0.5, 0.6) is 0 Å². The Bertz CT molecular complexity index is 959. The van der Waals surface area contributed by atoms with Crippen molar-refractivity contribution in [1.82, 2.24) is 10.2 Å². The molecule has 1 N–H and O–H groups in total. The summed E-state index contributed by atoms with van der Waals surface area (Å²) >= 11 is 2.21. The largest absolute Gasteiger partial charge is 0.417 e. The number of benzene rings is 2. The van der Waals surface area contributed by atoms with Gasteiger partial charge in [-0.1, -0.05) is 53.4 Å². The van der Waals surface area contributed by atoms with Crippen LogP contribution < -0.4 is 5.32 Å². The lowest BCUT2D eigenvalue weighted by atomic mass is 10.1. The molecule has 0 atom stereocenters. The van der Waals surface area contributed by atoms with E-state index in [1.807, 2.05) is 0 Å². The minimum atomic E-state index is -4.64. The number of nitrogens with zero attached hydrogens (tertiary/aromatic N) is 2. The van der Waals surface area contributed by atoms with E-state index < -0.39 is 23.2 Å². The van der Waals surface area contributed by atoms with Gasteiger partial charge in [-0.05, 0) is 23.8 Å². The van der Waals surface area contributed by atoms with Gasteiger partial charge in [-0.3, -0.25) is 10.1 Å². The number of carbonyl (C=O) groups is 1. The van der Waals surface area contributed by atoms with Crippen molar-refractivity contribution in [3.63, 3.8) is 0 Å². The second-order valence-electron chi connectivity index (χ2n) is 5.25. The van der Waals surface area contributed by atoms with E-state index in [-0.39, 0.29) is 10.9 Å². The van der Waals surface area contributed by atoms with Crippen LogP contribution in [0.2, 0.25) is 0 Å². The van der Waals surface area contributed by atoms with Crippen LogP contribution in [-0.2, 0) is 11.9 Å². The Labute approximate surface area is 159 Å². The zero-order chi connectivity index (χ0) is 19.4.